The summed E-state index contributed by atoms with van der Waals surface area (Å²) in [6.45, 7) is 0. The van der Waals surface area contributed by atoms with Crippen LogP contribution in [0, 0.1) is 0 Å². The van der Waals surface area contributed by atoms with E-state index in [1.54, 1.807) is 6.33 Å². The summed E-state index contributed by atoms with van der Waals surface area (Å²) in [5, 5.41) is 4.96. The van der Waals surface area contributed by atoms with Gasteiger partial charge in [0, 0.05) is 38.9 Å². The van der Waals surface area contributed by atoms with Gasteiger partial charge in [0.05, 0.1) is 22.2 Å². The van der Waals surface area contributed by atoms with E-state index in [0.29, 0.717) is 0 Å². The first-order valence-corrected chi connectivity index (χ1v) is 11.7. The molecule has 4 nitrogen and oxygen atoms in total. The van der Waals surface area contributed by atoms with Crippen LogP contribution >= 0.6 is 0 Å². The minimum Gasteiger partial charge on any atom is -0.308 e. The van der Waals surface area contributed by atoms with Crippen LogP contribution < -0.4 is 0 Å². The Kier molecular flexibility index (Phi) is 3.63. The lowest BCUT2D eigenvalue weighted by Gasteiger charge is -2.09. The minimum atomic E-state index is 0.815. The van der Waals surface area contributed by atoms with Gasteiger partial charge in [0.15, 0.2) is 0 Å². The first kappa shape index (κ1) is 18.6. The number of hydrogen-bond donors (Lipinski definition) is 0. The van der Waals surface area contributed by atoms with Gasteiger partial charge in [-0.05, 0) is 35.9 Å². The van der Waals surface area contributed by atoms with Crippen molar-refractivity contribution in [3.8, 4) is 22.4 Å². The fraction of sp³-hybridized carbons (Fsp3) is 0. The second-order valence-corrected chi connectivity index (χ2v) is 8.93. The smallest absolute Gasteiger partial charge is 0.116 e. The fourth-order valence-corrected chi connectivity index (χ4v) is 5.61. The molecule has 35 heavy (non-hydrogen) atoms. The number of benzene rings is 4. The SMILES string of the molecule is c1ccc(-c2ccnc3c(-c4cc5c6ccccc6n6c7ccccc7c(c4)c56)ncnc23)cc1. The summed E-state index contributed by atoms with van der Waals surface area (Å²) >= 11 is 0. The molecule has 162 valence electrons. The van der Waals surface area contributed by atoms with Crippen LogP contribution in [0.15, 0.2) is 110 Å². The number of hydrogen-bond acceptors (Lipinski definition) is 3. The molecule has 0 saturated heterocycles. The molecule has 4 aromatic carbocycles. The Balaban J connectivity index is 1.50. The van der Waals surface area contributed by atoms with Crippen LogP contribution in [-0.2, 0) is 0 Å². The lowest BCUT2D eigenvalue weighted by Crippen LogP contribution is -1.94. The van der Waals surface area contributed by atoms with Crippen molar-refractivity contribution in [2.24, 2.45) is 0 Å². The van der Waals surface area contributed by atoms with E-state index in [9.17, 15) is 0 Å². The summed E-state index contributed by atoms with van der Waals surface area (Å²) in [7, 11) is 0. The quantitative estimate of drug-likeness (QED) is 0.276. The summed E-state index contributed by atoms with van der Waals surface area (Å²) in [5.41, 5.74) is 9.48. The minimum absolute atomic E-state index is 0.815. The summed E-state index contributed by atoms with van der Waals surface area (Å²) < 4.78 is 2.39. The summed E-state index contributed by atoms with van der Waals surface area (Å²) in [4.78, 5) is 14.2. The maximum atomic E-state index is 4.76. The van der Waals surface area contributed by atoms with E-state index in [1.807, 2.05) is 30.5 Å². The molecule has 4 aromatic heterocycles. The number of rotatable bonds is 2. The molecule has 0 spiro atoms. The zero-order valence-electron chi connectivity index (χ0n) is 18.7. The van der Waals surface area contributed by atoms with E-state index in [4.69, 9.17) is 9.97 Å². The zero-order chi connectivity index (χ0) is 22.9. The second kappa shape index (κ2) is 6.84. The van der Waals surface area contributed by atoms with E-state index in [-0.39, 0.29) is 0 Å². The molecule has 0 saturated carbocycles. The predicted molar refractivity (Wildman–Crippen MR) is 143 cm³/mol. The molecule has 8 aromatic rings. The third kappa shape index (κ3) is 2.48. The Bertz CT molecular complexity index is 1970. The number of pyridine rings is 1. The van der Waals surface area contributed by atoms with Gasteiger partial charge in [0.25, 0.3) is 0 Å². The van der Waals surface area contributed by atoms with Crippen LogP contribution in [0.25, 0.3) is 71.5 Å². The van der Waals surface area contributed by atoms with Gasteiger partial charge in [0.2, 0.25) is 0 Å². The Morgan fingerprint density at radius 1 is 0.514 bits per heavy atom. The Labute approximate surface area is 200 Å². The normalized spacial score (nSPS) is 12.0. The highest BCUT2D eigenvalue weighted by molar-refractivity contribution is 6.24. The average Bonchev–Trinajstić information content (AvgIpc) is 3.44. The highest BCUT2D eigenvalue weighted by Crippen LogP contribution is 2.42. The number of fused-ring (bicyclic) bond motifs is 7. The number of para-hydroxylation sites is 2. The molecule has 0 aliphatic heterocycles. The second-order valence-electron chi connectivity index (χ2n) is 8.93. The van der Waals surface area contributed by atoms with E-state index in [1.165, 1.54) is 38.1 Å². The van der Waals surface area contributed by atoms with Gasteiger partial charge in [-0.25, -0.2) is 9.97 Å². The van der Waals surface area contributed by atoms with Crippen LogP contribution in [0.2, 0.25) is 0 Å². The van der Waals surface area contributed by atoms with E-state index < -0.39 is 0 Å². The Morgan fingerprint density at radius 2 is 1.17 bits per heavy atom. The van der Waals surface area contributed by atoms with E-state index in [0.717, 1.165) is 33.4 Å². The highest BCUT2D eigenvalue weighted by atomic mass is 14.9. The molecule has 4 heteroatoms. The molecule has 0 unspecified atom stereocenters. The Hall–Kier alpha value is -4.83. The lowest BCUT2D eigenvalue weighted by molar-refractivity contribution is 1.20. The van der Waals surface area contributed by atoms with Gasteiger partial charge in [-0.2, -0.15) is 0 Å². The molecule has 0 aliphatic rings. The van der Waals surface area contributed by atoms with Gasteiger partial charge >= 0.3 is 0 Å². The van der Waals surface area contributed by atoms with Crippen molar-refractivity contribution in [2.45, 2.75) is 0 Å². The van der Waals surface area contributed by atoms with Crippen LogP contribution in [-0.4, -0.2) is 19.4 Å². The van der Waals surface area contributed by atoms with Gasteiger partial charge in [-0.1, -0.05) is 66.7 Å². The van der Waals surface area contributed by atoms with Crippen molar-refractivity contribution >= 4 is 49.1 Å². The highest BCUT2D eigenvalue weighted by Gasteiger charge is 2.20. The summed E-state index contributed by atoms with van der Waals surface area (Å²) in [6, 6.07) is 34.2. The third-order valence-corrected chi connectivity index (χ3v) is 7.08. The molecule has 0 aliphatic carbocycles. The maximum Gasteiger partial charge on any atom is 0.116 e. The Morgan fingerprint density at radius 3 is 1.89 bits per heavy atom. The molecule has 0 N–H and O–H groups in total. The predicted octanol–water partition coefficient (Wildman–Crippen LogP) is 7.51. The average molecular weight is 447 g/mol. The molecule has 0 fully saturated rings. The monoisotopic (exact) mass is 446 g/mol. The molecule has 4 heterocycles. The molecule has 0 amide bonds. The first-order chi connectivity index (χ1) is 17.4. The van der Waals surface area contributed by atoms with Crippen LogP contribution in [0.1, 0.15) is 0 Å². The third-order valence-electron chi connectivity index (χ3n) is 7.08. The van der Waals surface area contributed by atoms with E-state index >= 15 is 0 Å². The summed E-state index contributed by atoms with van der Waals surface area (Å²) in [6.07, 6.45) is 3.52. The summed E-state index contributed by atoms with van der Waals surface area (Å²) in [5.74, 6) is 0. The van der Waals surface area contributed by atoms with Crippen molar-refractivity contribution in [3.05, 3.63) is 110 Å². The molecule has 8 rings (SSSR count). The van der Waals surface area contributed by atoms with Gasteiger partial charge in [0.1, 0.15) is 17.4 Å². The van der Waals surface area contributed by atoms with Crippen molar-refractivity contribution < 1.29 is 0 Å². The number of aromatic nitrogens is 4. The molecule has 0 atom stereocenters. The topological polar surface area (TPSA) is 43.1 Å². The molecular formula is C31H18N4. The van der Waals surface area contributed by atoms with Gasteiger partial charge in [-0.15, -0.1) is 0 Å². The van der Waals surface area contributed by atoms with E-state index in [2.05, 4.69) is 82.2 Å². The maximum absolute atomic E-state index is 4.76. The van der Waals surface area contributed by atoms with Crippen LogP contribution in [0.4, 0.5) is 0 Å². The zero-order valence-corrected chi connectivity index (χ0v) is 18.7. The fourth-order valence-electron chi connectivity index (χ4n) is 5.61. The molecular weight excluding hydrogens is 428 g/mol. The van der Waals surface area contributed by atoms with Crippen molar-refractivity contribution in [1.82, 2.24) is 19.4 Å². The van der Waals surface area contributed by atoms with Crippen LogP contribution in [0.3, 0.4) is 0 Å². The molecule has 0 bridgehead atoms. The molecule has 0 radical (unpaired) electrons. The van der Waals surface area contributed by atoms with Gasteiger partial charge in [-0.3, -0.25) is 4.98 Å². The lowest BCUT2D eigenvalue weighted by atomic mass is 10.00. The standard InChI is InChI=1S/C31H18N4/c1-2-8-19(9-3-1)21-14-15-32-30-28(33-18-34-29(21)30)20-16-24-22-10-4-6-12-26(22)35-27-13-7-5-11-23(27)25(17-20)31(24)35/h1-18H. The van der Waals surface area contributed by atoms with Gasteiger partial charge < -0.3 is 4.40 Å². The van der Waals surface area contributed by atoms with Crippen LogP contribution in [0.5, 0.6) is 0 Å². The largest absolute Gasteiger partial charge is 0.308 e. The van der Waals surface area contributed by atoms with Crippen molar-refractivity contribution in [1.29, 1.82) is 0 Å². The van der Waals surface area contributed by atoms with Crippen molar-refractivity contribution in [3.63, 3.8) is 0 Å². The number of nitrogens with zero attached hydrogens (tertiary/aromatic N) is 4. The van der Waals surface area contributed by atoms with Crippen molar-refractivity contribution in [2.75, 3.05) is 0 Å². The first-order valence-electron chi connectivity index (χ1n) is 11.7.